The molecule has 0 aliphatic heterocycles. The monoisotopic (exact) mass is 273 g/mol. The largest absolute Gasteiger partial charge is 0.465 e. The second kappa shape index (κ2) is 5.69. The maximum absolute atomic E-state index is 12.2. The maximum Gasteiger partial charge on any atom is 0.337 e. The van der Waals surface area contributed by atoms with Crippen LogP contribution >= 0.6 is 0 Å². The highest BCUT2D eigenvalue weighted by molar-refractivity contribution is 5.98. The van der Waals surface area contributed by atoms with Crippen LogP contribution in [-0.2, 0) is 11.2 Å². The molecule has 0 radical (unpaired) electrons. The van der Waals surface area contributed by atoms with Crippen LogP contribution in [0.25, 0.3) is 0 Å². The van der Waals surface area contributed by atoms with Gasteiger partial charge in [0.15, 0.2) is 5.78 Å². The summed E-state index contributed by atoms with van der Waals surface area (Å²) < 4.78 is 9.64. The van der Waals surface area contributed by atoms with Crippen LogP contribution in [0.2, 0.25) is 0 Å². The van der Waals surface area contributed by atoms with Gasteiger partial charge in [-0.25, -0.2) is 4.79 Å². The van der Waals surface area contributed by atoms with E-state index in [2.05, 4.69) is 9.89 Å². The number of hydrogen-bond acceptors (Lipinski definition) is 5. The van der Waals surface area contributed by atoms with E-state index in [1.54, 1.807) is 38.1 Å². The van der Waals surface area contributed by atoms with Gasteiger partial charge in [-0.15, -0.1) is 0 Å². The SMILES string of the molecule is COC(=O)c1ccc(C(=O)Cc2c(C)noc2C)cc1. The summed E-state index contributed by atoms with van der Waals surface area (Å²) in [6.45, 7) is 3.59. The standard InChI is InChI=1S/C15H15NO4/c1-9-13(10(2)20-16-9)8-14(17)11-4-6-12(7-5-11)15(18)19-3/h4-7H,8H2,1-3H3. The number of ether oxygens (including phenoxy) is 1. The van der Waals surface area contributed by atoms with E-state index in [0.29, 0.717) is 16.9 Å². The van der Waals surface area contributed by atoms with E-state index in [1.165, 1.54) is 7.11 Å². The molecule has 0 saturated carbocycles. The molecule has 104 valence electrons. The second-order valence-corrected chi connectivity index (χ2v) is 4.47. The third-order valence-electron chi connectivity index (χ3n) is 3.15. The number of carbonyl (C=O) groups excluding carboxylic acids is 2. The highest BCUT2D eigenvalue weighted by atomic mass is 16.5. The lowest BCUT2D eigenvalue weighted by atomic mass is 10.0. The molecule has 2 aromatic rings. The third kappa shape index (κ3) is 2.77. The van der Waals surface area contributed by atoms with Crippen molar-refractivity contribution in [3.05, 3.63) is 52.4 Å². The second-order valence-electron chi connectivity index (χ2n) is 4.47. The summed E-state index contributed by atoms with van der Waals surface area (Å²) in [7, 11) is 1.32. The van der Waals surface area contributed by atoms with Crippen LogP contribution in [0.15, 0.2) is 28.8 Å². The predicted octanol–water partition coefficient (Wildman–Crippen LogP) is 2.50. The highest BCUT2D eigenvalue weighted by Crippen LogP contribution is 2.16. The number of esters is 1. The normalized spacial score (nSPS) is 10.3. The molecule has 0 unspecified atom stereocenters. The van der Waals surface area contributed by atoms with Gasteiger partial charge in [0, 0.05) is 17.5 Å². The first kappa shape index (κ1) is 14.0. The quantitative estimate of drug-likeness (QED) is 0.632. The number of ketones is 1. The molecule has 0 aliphatic rings. The Hall–Kier alpha value is -2.43. The zero-order valence-corrected chi connectivity index (χ0v) is 11.6. The minimum absolute atomic E-state index is 0.0455. The first-order valence-corrected chi connectivity index (χ1v) is 6.16. The maximum atomic E-state index is 12.2. The van der Waals surface area contributed by atoms with Crippen LogP contribution in [0.4, 0.5) is 0 Å². The summed E-state index contributed by atoms with van der Waals surface area (Å²) in [5.41, 5.74) is 2.49. The molecule has 0 atom stereocenters. The van der Waals surface area contributed by atoms with Gasteiger partial charge in [0.25, 0.3) is 0 Å². The summed E-state index contributed by atoms with van der Waals surface area (Å²) in [4.78, 5) is 23.5. The van der Waals surface area contributed by atoms with E-state index in [4.69, 9.17) is 4.52 Å². The minimum Gasteiger partial charge on any atom is -0.465 e. The molecule has 1 aromatic carbocycles. The third-order valence-corrected chi connectivity index (χ3v) is 3.15. The molecule has 20 heavy (non-hydrogen) atoms. The summed E-state index contributed by atoms with van der Waals surface area (Å²) in [6, 6.07) is 6.39. The lowest BCUT2D eigenvalue weighted by Gasteiger charge is -2.03. The Morgan fingerprint density at radius 2 is 1.75 bits per heavy atom. The Labute approximate surface area is 116 Å². The van der Waals surface area contributed by atoms with Crippen LogP contribution in [0.5, 0.6) is 0 Å². The summed E-state index contributed by atoms with van der Waals surface area (Å²) in [5, 5.41) is 3.82. The van der Waals surface area contributed by atoms with E-state index < -0.39 is 5.97 Å². The van der Waals surface area contributed by atoms with Crippen molar-refractivity contribution in [1.82, 2.24) is 5.16 Å². The first-order chi connectivity index (χ1) is 9.52. The predicted molar refractivity (Wildman–Crippen MR) is 71.8 cm³/mol. The molecular weight excluding hydrogens is 258 g/mol. The number of hydrogen-bond donors (Lipinski definition) is 0. The average Bonchev–Trinajstić information content (AvgIpc) is 2.78. The zero-order chi connectivity index (χ0) is 14.7. The highest BCUT2D eigenvalue weighted by Gasteiger charge is 2.15. The molecule has 0 saturated heterocycles. The molecule has 1 heterocycles. The Morgan fingerprint density at radius 3 is 2.25 bits per heavy atom. The summed E-state index contributed by atoms with van der Waals surface area (Å²) in [6.07, 6.45) is 0.235. The van der Waals surface area contributed by atoms with Gasteiger partial charge in [-0.1, -0.05) is 17.3 Å². The van der Waals surface area contributed by atoms with E-state index in [0.717, 1.165) is 11.3 Å². The first-order valence-electron chi connectivity index (χ1n) is 6.16. The van der Waals surface area contributed by atoms with Gasteiger partial charge >= 0.3 is 5.97 Å². The Morgan fingerprint density at radius 1 is 1.15 bits per heavy atom. The molecule has 0 bridgehead atoms. The number of rotatable bonds is 4. The van der Waals surface area contributed by atoms with Gasteiger partial charge < -0.3 is 9.26 Å². The molecule has 0 amide bonds. The van der Waals surface area contributed by atoms with E-state index in [9.17, 15) is 9.59 Å². The average molecular weight is 273 g/mol. The van der Waals surface area contributed by atoms with Crippen molar-refractivity contribution in [3.63, 3.8) is 0 Å². The minimum atomic E-state index is -0.422. The number of methoxy groups -OCH3 is 1. The van der Waals surface area contributed by atoms with Crippen LogP contribution in [0.1, 0.15) is 37.7 Å². The Kier molecular flexibility index (Phi) is 3.98. The molecule has 5 nitrogen and oxygen atoms in total. The molecular formula is C15H15NO4. The number of carbonyl (C=O) groups is 2. The van der Waals surface area contributed by atoms with Gasteiger partial charge in [-0.05, 0) is 26.0 Å². The molecule has 0 spiro atoms. The number of aryl methyl sites for hydroxylation is 2. The smallest absolute Gasteiger partial charge is 0.337 e. The number of Topliss-reactive ketones (excluding diaryl/α,β-unsaturated/α-hetero) is 1. The van der Waals surface area contributed by atoms with Gasteiger partial charge in [-0.3, -0.25) is 4.79 Å². The molecule has 0 aliphatic carbocycles. The summed E-state index contributed by atoms with van der Waals surface area (Å²) in [5.74, 6) is 0.188. The van der Waals surface area contributed by atoms with Crippen LogP contribution in [0.3, 0.4) is 0 Å². The van der Waals surface area contributed by atoms with Gasteiger partial charge in [0.05, 0.1) is 18.4 Å². The molecule has 0 N–H and O–H groups in total. The van der Waals surface area contributed by atoms with Crippen LogP contribution < -0.4 is 0 Å². The van der Waals surface area contributed by atoms with Gasteiger partial charge in [-0.2, -0.15) is 0 Å². The fraction of sp³-hybridized carbons (Fsp3) is 0.267. The zero-order valence-electron chi connectivity index (χ0n) is 11.6. The van der Waals surface area contributed by atoms with E-state index in [1.807, 2.05) is 0 Å². The van der Waals surface area contributed by atoms with E-state index >= 15 is 0 Å². The number of benzene rings is 1. The van der Waals surface area contributed by atoms with Crippen molar-refractivity contribution >= 4 is 11.8 Å². The Balaban J connectivity index is 2.16. The van der Waals surface area contributed by atoms with Crippen molar-refractivity contribution in [2.75, 3.05) is 7.11 Å². The summed E-state index contributed by atoms with van der Waals surface area (Å²) >= 11 is 0. The number of aromatic nitrogens is 1. The van der Waals surface area contributed by atoms with E-state index in [-0.39, 0.29) is 12.2 Å². The van der Waals surface area contributed by atoms with Gasteiger partial charge in [0.2, 0.25) is 0 Å². The van der Waals surface area contributed by atoms with Crippen molar-refractivity contribution in [3.8, 4) is 0 Å². The number of nitrogens with zero attached hydrogens (tertiary/aromatic N) is 1. The van der Waals surface area contributed by atoms with Crippen LogP contribution in [0, 0.1) is 13.8 Å². The molecule has 1 aromatic heterocycles. The van der Waals surface area contributed by atoms with Crippen molar-refractivity contribution in [2.24, 2.45) is 0 Å². The molecule has 5 heteroatoms. The van der Waals surface area contributed by atoms with Crippen molar-refractivity contribution in [1.29, 1.82) is 0 Å². The Bertz CT molecular complexity index is 621. The van der Waals surface area contributed by atoms with Crippen molar-refractivity contribution in [2.45, 2.75) is 20.3 Å². The van der Waals surface area contributed by atoms with Gasteiger partial charge in [0.1, 0.15) is 5.76 Å². The van der Waals surface area contributed by atoms with Crippen LogP contribution in [-0.4, -0.2) is 24.0 Å². The van der Waals surface area contributed by atoms with Crippen molar-refractivity contribution < 1.29 is 18.8 Å². The fourth-order valence-corrected chi connectivity index (χ4v) is 1.93. The lowest BCUT2D eigenvalue weighted by molar-refractivity contribution is 0.0600. The topological polar surface area (TPSA) is 69.4 Å². The lowest BCUT2D eigenvalue weighted by Crippen LogP contribution is -2.06. The fourth-order valence-electron chi connectivity index (χ4n) is 1.93. The molecule has 2 rings (SSSR count). The molecule has 0 fully saturated rings.